The number of amides is 1. The topological polar surface area (TPSA) is 72.5 Å². The van der Waals surface area contributed by atoms with Gasteiger partial charge < -0.3 is 14.8 Å². The smallest absolute Gasteiger partial charge is 0.264 e. The van der Waals surface area contributed by atoms with E-state index >= 15 is 0 Å². The Morgan fingerprint density at radius 2 is 1.96 bits per heavy atom. The molecular weight excluding hydrogens is 438 g/mol. The van der Waals surface area contributed by atoms with E-state index in [0.29, 0.717) is 10.9 Å². The first kappa shape index (κ1) is 18.6. The van der Waals surface area contributed by atoms with Crippen molar-refractivity contribution < 1.29 is 14.3 Å². The van der Waals surface area contributed by atoms with Gasteiger partial charge in [0.15, 0.2) is 16.9 Å². The predicted octanol–water partition coefficient (Wildman–Crippen LogP) is 3.96. The summed E-state index contributed by atoms with van der Waals surface area (Å²) in [5, 5.41) is 6.23. The van der Waals surface area contributed by atoms with Crippen LogP contribution in [0.5, 0.6) is 11.5 Å². The summed E-state index contributed by atoms with van der Waals surface area (Å²) in [6.07, 6.45) is 0. The third kappa shape index (κ3) is 4.90. The van der Waals surface area contributed by atoms with Crippen molar-refractivity contribution in [2.24, 2.45) is 0 Å². The van der Waals surface area contributed by atoms with Crippen molar-refractivity contribution in [3.63, 3.8) is 0 Å². The van der Waals surface area contributed by atoms with Gasteiger partial charge in [-0.1, -0.05) is 27.3 Å². The van der Waals surface area contributed by atoms with Crippen molar-refractivity contribution in [2.45, 2.75) is 0 Å². The number of hydrogen-bond donors (Lipinski definition) is 2. The number of carbonyl (C=O) groups is 1. The monoisotopic (exact) mass is 451 g/mol. The molecule has 0 saturated heterocycles. The number of thiocarbonyl (C=S) groups is 1. The van der Waals surface area contributed by atoms with Crippen molar-refractivity contribution in [1.82, 2.24) is 10.3 Å². The molecule has 0 aliphatic rings. The zero-order chi connectivity index (χ0) is 18.5. The molecule has 134 valence electrons. The summed E-state index contributed by atoms with van der Waals surface area (Å²) >= 11 is 9.91. The van der Waals surface area contributed by atoms with Crippen LogP contribution in [0.2, 0.25) is 0 Å². The molecule has 0 aliphatic carbocycles. The number of benzene rings is 2. The number of aromatic nitrogens is 1. The summed E-state index contributed by atoms with van der Waals surface area (Å²) in [6.45, 7) is -0.138. The van der Waals surface area contributed by atoms with Gasteiger partial charge in [0.2, 0.25) is 0 Å². The third-order valence-corrected chi connectivity index (χ3v) is 4.92. The second-order valence-electron chi connectivity index (χ2n) is 5.10. The largest absolute Gasteiger partial charge is 0.497 e. The fraction of sp³-hybridized carbons (Fsp3) is 0.118. The highest BCUT2D eigenvalue weighted by molar-refractivity contribution is 9.10. The van der Waals surface area contributed by atoms with E-state index in [0.717, 1.165) is 20.4 Å². The molecule has 1 aromatic heterocycles. The Balaban J connectivity index is 1.53. The standard InChI is InChI=1S/C17H14BrN3O3S2/c1-23-12-6-7-13-14(8-12)26-17(19-13)21-16(25)20-15(22)9-24-11-4-2-10(18)3-5-11/h2-8H,9H2,1H3,(H2,19,20,21,22,25). The van der Waals surface area contributed by atoms with Crippen LogP contribution in [-0.4, -0.2) is 29.7 Å². The Morgan fingerprint density at radius 1 is 1.23 bits per heavy atom. The summed E-state index contributed by atoms with van der Waals surface area (Å²) in [5.41, 5.74) is 0.825. The predicted molar refractivity (Wildman–Crippen MR) is 110 cm³/mol. The van der Waals surface area contributed by atoms with Gasteiger partial charge >= 0.3 is 0 Å². The van der Waals surface area contributed by atoms with Gasteiger partial charge in [0.1, 0.15) is 11.5 Å². The van der Waals surface area contributed by atoms with E-state index in [-0.39, 0.29) is 17.6 Å². The van der Waals surface area contributed by atoms with Gasteiger partial charge in [-0.2, -0.15) is 0 Å². The molecule has 0 unspecified atom stereocenters. The number of nitrogens with one attached hydrogen (secondary N) is 2. The average molecular weight is 452 g/mol. The van der Waals surface area contributed by atoms with Gasteiger partial charge in [0.25, 0.3) is 5.91 Å². The zero-order valence-electron chi connectivity index (χ0n) is 13.6. The minimum atomic E-state index is -0.354. The van der Waals surface area contributed by atoms with Crippen LogP contribution in [0.25, 0.3) is 10.2 Å². The maximum atomic E-state index is 11.9. The van der Waals surface area contributed by atoms with Crippen LogP contribution >= 0.6 is 39.5 Å². The van der Waals surface area contributed by atoms with Crippen LogP contribution in [0.3, 0.4) is 0 Å². The Labute approximate surface area is 167 Å². The lowest BCUT2D eigenvalue weighted by atomic mass is 10.3. The lowest BCUT2D eigenvalue weighted by Gasteiger charge is -2.08. The number of rotatable bonds is 5. The lowest BCUT2D eigenvalue weighted by Crippen LogP contribution is -2.37. The molecule has 9 heteroatoms. The Bertz CT molecular complexity index is 944. The van der Waals surface area contributed by atoms with E-state index in [9.17, 15) is 4.79 Å². The second kappa shape index (κ2) is 8.43. The molecule has 3 rings (SSSR count). The van der Waals surface area contributed by atoms with E-state index in [1.54, 1.807) is 19.2 Å². The molecule has 1 amide bonds. The number of nitrogens with zero attached hydrogens (tertiary/aromatic N) is 1. The first-order valence-electron chi connectivity index (χ1n) is 7.47. The van der Waals surface area contributed by atoms with Crippen LogP contribution in [0.1, 0.15) is 0 Å². The molecule has 2 N–H and O–H groups in total. The normalized spacial score (nSPS) is 10.4. The van der Waals surface area contributed by atoms with Crippen molar-refractivity contribution in [3.05, 3.63) is 46.9 Å². The number of fused-ring (bicyclic) bond motifs is 1. The molecule has 2 aromatic carbocycles. The SMILES string of the molecule is COc1ccc2nc(NC(=S)NC(=O)COc3ccc(Br)cc3)sc2c1. The fourth-order valence-corrected chi connectivity index (χ4v) is 3.49. The third-order valence-electron chi connectivity index (χ3n) is 3.25. The van der Waals surface area contributed by atoms with Gasteiger partial charge in [-0.3, -0.25) is 10.1 Å². The van der Waals surface area contributed by atoms with E-state index in [1.165, 1.54) is 11.3 Å². The number of carbonyl (C=O) groups excluding carboxylic acids is 1. The highest BCUT2D eigenvalue weighted by Gasteiger charge is 2.09. The van der Waals surface area contributed by atoms with Gasteiger partial charge in [0.05, 0.1) is 17.3 Å². The molecule has 26 heavy (non-hydrogen) atoms. The molecule has 1 heterocycles. The molecule has 3 aromatic rings. The first-order valence-corrected chi connectivity index (χ1v) is 9.49. The van der Waals surface area contributed by atoms with Crippen molar-refractivity contribution in [3.8, 4) is 11.5 Å². The van der Waals surface area contributed by atoms with E-state index in [2.05, 4.69) is 31.5 Å². The van der Waals surface area contributed by atoms with Crippen LogP contribution in [0.4, 0.5) is 5.13 Å². The van der Waals surface area contributed by atoms with E-state index in [4.69, 9.17) is 21.7 Å². The van der Waals surface area contributed by atoms with Gasteiger partial charge in [0, 0.05) is 4.47 Å². The summed E-state index contributed by atoms with van der Waals surface area (Å²) in [5.74, 6) is 1.00. The quantitative estimate of drug-likeness (QED) is 0.571. The number of halogens is 1. The first-order chi connectivity index (χ1) is 12.5. The number of methoxy groups -OCH3 is 1. The minimum absolute atomic E-state index is 0.138. The highest BCUT2D eigenvalue weighted by Crippen LogP contribution is 2.29. The van der Waals surface area contributed by atoms with Gasteiger partial charge in [-0.15, -0.1) is 0 Å². The number of thiazole rings is 1. The minimum Gasteiger partial charge on any atom is -0.497 e. The van der Waals surface area contributed by atoms with E-state index < -0.39 is 0 Å². The van der Waals surface area contributed by atoms with Crippen molar-refractivity contribution in [2.75, 3.05) is 19.0 Å². The Morgan fingerprint density at radius 3 is 2.69 bits per heavy atom. The second-order valence-corrected chi connectivity index (χ2v) is 7.45. The number of hydrogen-bond acceptors (Lipinski definition) is 6. The molecule has 0 radical (unpaired) electrons. The fourth-order valence-electron chi connectivity index (χ4n) is 2.06. The number of anilines is 1. The molecule has 0 aliphatic heterocycles. The Hall–Kier alpha value is -2.23. The molecule has 0 spiro atoms. The maximum Gasteiger partial charge on any atom is 0.264 e. The molecule has 0 saturated carbocycles. The maximum absolute atomic E-state index is 11.9. The highest BCUT2D eigenvalue weighted by atomic mass is 79.9. The Kier molecular flexibility index (Phi) is 6.02. The summed E-state index contributed by atoms with van der Waals surface area (Å²) < 4.78 is 12.5. The van der Waals surface area contributed by atoms with Crippen molar-refractivity contribution >= 4 is 65.9 Å². The summed E-state index contributed by atoms with van der Waals surface area (Å²) in [7, 11) is 1.61. The average Bonchev–Trinajstić information content (AvgIpc) is 3.02. The lowest BCUT2D eigenvalue weighted by molar-refractivity contribution is -0.121. The summed E-state index contributed by atoms with van der Waals surface area (Å²) in [6, 6.07) is 12.8. The molecule has 0 fully saturated rings. The van der Waals surface area contributed by atoms with Crippen LogP contribution in [-0.2, 0) is 4.79 Å². The summed E-state index contributed by atoms with van der Waals surface area (Å²) in [4.78, 5) is 16.3. The molecule has 0 atom stereocenters. The van der Waals surface area contributed by atoms with E-state index in [1.807, 2.05) is 30.3 Å². The van der Waals surface area contributed by atoms with Crippen LogP contribution in [0.15, 0.2) is 46.9 Å². The molecular formula is C17H14BrN3O3S2. The van der Waals surface area contributed by atoms with Crippen LogP contribution in [0, 0.1) is 0 Å². The number of ether oxygens (including phenoxy) is 2. The van der Waals surface area contributed by atoms with Gasteiger partial charge in [-0.05, 0) is 54.7 Å². The van der Waals surface area contributed by atoms with Crippen LogP contribution < -0.4 is 20.1 Å². The van der Waals surface area contributed by atoms with Gasteiger partial charge in [-0.25, -0.2) is 4.98 Å². The van der Waals surface area contributed by atoms with Crippen molar-refractivity contribution in [1.29, 1.82) is 0 Å². The molecule has 0 bridgehead atoms. The zero-order valence-corrected chi connectivity index (χ0v) is 16.8. The molecule has 6 nitrogen and oxygen atoms in total.